The molecule has 9 heteroatoms. The summed E-state index contributed by atoms with van der Waals surface area (Å²) in [7, 11) is 1.56. The lowest BCUT2D eigenvalue weighted by Crippen LogP contribution is -2.42. The first-order chi connectivity index (χ1) is 15.6. The predicted molar refractivity (Wildman–Crippen MR) is 119 cm³/mol. The Morgan fingerprint density at radius 3 is 2.59 bits per heavy atom. The van der Waals surface area contributed by atoms with Gasteiger partial charge in [0.15, 0.2) is 5.82 Å². The number of rotatable bonds is 5. The predicted octanol–water partition coefficient (Wildman–Crippen LogP) is 3.34. The van der Waals surface area contributed by atoms with Gasteiger partial charge in [0, 0.05) is 43.6 Å². The van der Waals surface area contributed by atoms with E-state index in [4.69, 9.17) is 4.74 Å². The number of likely N-dealkylation sites (tertiary alicyclic amines) is 2. The number of H-pyrrole nitrogens is 1. The number of methoxy groups -OCH3 is 1. The molecule has 1 saturated carbocycles. The zero-order valence-electron chi connectivity index (χ0n) is 18.5. The second kappa shape index (κ2) is 8.80. The molecule has 2 saturated heterocycles. The van der Waals surface area contributed by atoms with E-state index in [2.05, 4.69) is 20.5 Å². The van der Waals surface area contributed by atoms with E-state index in [0.717, 1.165) is 50.4 Å². The molecule has 3 fully saturated rings. The summed E-state index contributed by atoms with van der Waals surface area (Å²) in [6.07, 6.45) is 6.29. The Morgan fingerprint density at radius 2 is 1.84 bits per heavy atom. The minimum atomic E-state index is -0.197. The summed E-state index contributed by atoms with van der Waals surface area (Å²) in [6.45, 7) is 2.82. The van der Waals surface area contributed by atoms with E-state index in [0.29, 0.717) is 36.0 Å². The van der Waals surface area contributed by atoms with Gasteiger partial charge >= 0.3 is 6.03 Å². The van der Waals surface area contributed by atoms with E-state index in [9.17, 15) is 9.59 Å². The molecule has 1 unspecified atom stereocenters. The van der Waals surface area contributed by atoms with Gasteiger partial charge in [0.05, 0.1) is 12.8 Å². The first-order valence-corrected chi connectivity index (χ1v) is 11.6. The van der Waals surface area contributed by atoms with Crippen molar-refractivity contribution in [2.75, 3.05) is 38.6 Å². The zero-order chi connectivity index (χ0) is 22.1. The van der Waals surface area contributed by atoms with Gasteiger partial charge in [-0.05, 0) is 56.7 Å². The van der Waals surface area contributed by atoms with Gasteiger partial charge in [0.25, 0.3) is 5.91 Å². The van der Waals surface area contributed by atoms with Gasteiger partial charge in [0.2, 0.25) is 0 Å². The molecule has 1 atom stereocenters. The number of ether oxygens (including phenoxy) is 1. The third-order valence-electron chi connectivity index (χ3n) is 6.64. The molecule has 1 aromatic heterocycles. The average Bonchev–Trinajstić information content (AvgIpc) is 3.31. The number of urea groups is 1. The molecule has 1 aliphatic carbocycles. The van der Waals surface area contributed by atoms with Crippen molar-refractivity contribution >= 4 is 17.6 Å². The molecule has 0 bridgehead atoms. The Balaban J connectivity index is 1.27. The number of nitrogens with one attached hydrogen (secondary N) is 2. The Hall–Kier alpha value is -3.10. The maximum absolute atomic E-state index is 13.1. The molecule has 2 aromatic rings. The van der Waals surface area contributed by atoms with Crippen LogP contribution in [0.2, 0.25) is 0 Å². The van der Waals surface area contributed by atoms with E-state index in [-0.39, 0.29) is 17.9 Å². The smallest absolute Gasteiger partial charge is 0.321 e. The molecule has 1 aromatic carbocycles. The van der Waals surface area contributed by atoms with Crippen LogP contribution in [0.5, 0.6) is 5.75 Å². The Labute approximate surface area is 187 Å². The number of benzene rings is 1. The number of piperidine rings is 1. The maximum Gasteiger partial charge on any atom is 0.321 e. The summed E-state index contributed by atoms with van der Waals surface area (Å²) < 4.78 is 5.43. The second-order valence-electron chi connectivity index (χ2n) is 8.98. The van der Waals surface area contributed by atoms with Gasteiger partial charge < -0.3 is 19.9 Å². The van der Waals surface area contributed by atoms with Gasteiger partial charge in [-0.3, -0.25) is 9.89 Å². The number of carbonyl (C=O) groups excluding carboxylic acids is 2. The van der Waals surface area contributed by atoms with Crippen LogP contribution in [0, 0.1) is 0 Å². The van der Waals surface area contributed by atoms with Crippen molar-refractivity contribution in [3.8, 4) is 5.75 Å². The lowest BCUT2D eigenvalue weighted by atomic mass is 9.97. The summed E-state index contributed by atoms with van der Waals surface area (Å²) in [5.74, 6) is 2.97. The molecule has 9 nitrogen and oxygen atoms in total. The third-order valence-corrected chi connectivity index (χ3v) is 6.64. The van der Waals surface area contributed by atoms with Crippen molar-refractivity contribution in [2.24, 2.45) is 0 Å². The van der Waals surface area contributed by atoms with Crippen LogP contribution in [0.4, 0.5) is 10.5 Å². The van der Waals surface area contributed by atoms with Crippen LogP contribution in [0.25, 0.3) is 0 Å². The number of aromatic amines is 1. The molecular formula is C23H30N6O3. The highest BCUT2D eigenvalue weighted by atomic mass is 16.5. The molecule has 3 amide bonds. The zero-order valence-corrected chi connectivity index (χ0v) is 18.5. The molecule has 2 aliphatic heterocycles. The van der Waals surface area contributed by atoms with Crippen LogP contribution >= 0.6 is 0 Å². The monoisotopic (exact) mass is 438 g/mol. The van der Waals surface area contributed by atoms with Gasteiger partial charge in [-0.1, -0.05) is 0 Å². The number of carbonyl (C=O) groups is 2. The summed E-state index contributed by atoms with van der Waals surface area (Å²) in [6, 6.07) is 5.02. The standard InChI is InChI=1S/C23H30N6O3/c1-32-19-9-8-16(22(30)28-10-2-3-11-28)13-18(19)24-23(31)29-12-4-5-17(14-29)21-25-20(26-27-21)15-6-7-15/h8-9,13,15,17H,2-7,10-12,14H2,1H3,(H,24,31)(H,25,26,27). The Kier molecular flexibility index (Phi) is 5.71. The second-order valence-corrected chi connectivity index (χ2v) is 8.98. The van der Waals surface area contributed by atoms with E-state index in [1.165, 1.54) is 12.8 Å². The van der Waals surface area contributed by atoms with Crippen LogP contribution < -0.4 is 10.1 Å². The summed E-state index contributed by atoms with van der Waals surface area (Å²) in [5, 5.41) is 10.5. The molecule has 3 heterocycles. The topological polar surface area (TPSA) is 103 Å². The van der Waals surface area contributed by atoms with Crippen molar-refractivity contribution < 1.29 is 14.3 Å². The number of amides is 3. The molecule has 32 heavy (non-hydrogen) atoms. The van der Waals surface area contributed by atoms with Crippen LogP contribution in [0.1, 0.15) is 72.4 Å². The van der Waals surface area contributed by atoms with Gasteiger partial charge in [-0.15, -0.1) is 0 Å². The maximum atomic E-state index is 13.1. The van der Waals surface area contributed by atoms with E-state index in [1.54, 1.807) is 30.2 Å². The van der Waals surface area contributed by atoms with Crippen LogP contribution in [0.15, 0.2) is 18.2 Å². The van der Waals surface area contributed by atoms with Gasteiger partial charge in [0.1, 0.15) is 11.6 Å². The molecule has 0 radical (unpaired) electrons. The third kappa shape index (κ3) is 4.28. The normalized spacial score (nSPS) is 21.0. The highest BCUT2D eigenvalue weighted by Crippen LogP contribution is 2.38. The Morgan fingerprint density at radius 1 is 1.06 bits per heavy atom. The van der Waals surface area contributed by atoms with Crippen molar-refractivity contribution in [2.45, 2.75) is 50.4 Å². The van der Waals surface area contributed by atoms with Gasteiger partial charge in [-0.2, -0.15) is 5.10 Å². The molecule has 5 rings (SSSR count). The number of hydrogen-bond acceptors (Lipinski definition) is 5. The first kappa shape index (κ1) is 20.8. The number of anilines is 1. The number of hydrogen-bond donors (Lipinski definition) is 2. The quantitative estimate of drug-likeness (QED) is 0.745. The van der Waals surface area contributed by atoms with Gasteiger partial charge in [-0.25, -0.2) is 9.78 Å². The molecular weight excluding hydrogens is 408 g/mol. The fourth-order valence-electron chi connectivity index (χ4n) is 4.62. The molecule has 2 N–H and O–H groups in total. The van der Waals surface area contributed by atoms with Crippen LogP contribution in [0.3, 0.4) is 0 Å². The molecule has 0 spiro atoms. The fourth-order valence-corrected chi connectivity index (χ4v) is 4.62. The van der Waals surface area contributed by atoms with Crippen molar-refractivity contribution in [3.63, 3.8) is 0 Å². The fraction of sp³-hybridized carbons (Fsp3) is 0.565. The summed E-state index contributed by atoms with van der Waals surface area (Å²) in [5.41, 5.74) is 1.08. The van der Waals surface area contributed by atoms with E-state index >= 15 is 0 Å². The summed E-state index contributed by atoms with van der Waals surface area (Å²) >= 11 is 0. The largest absolute Gasteiger partial charge is 0.495 e. The number of aromatic nitrogens is 3. The van der Waals surface area contributed by atoms with Crippen molar-refractivity contribution in [1.82, 2.24) is 25.0 Å². The first-order valence-electron chi connectivity index (χ1n) is 11.6. The molecule has 170 valence electrons. The minimum Gasteiger partial charge on any atom is -0.495 e. The van der Waals surface area contributed by atoms with Crippen LogP contribution in [-0.4, -0.2) is 70.2 Å². The molecule has 3 aliphatic rings. The lowest BCUT2D eigenvalue weighted by molar-refractivity contribution is 0.0792. The van der Waals surface area contributed by atoms with Crippen molar-refractivity contribution in [3.05, 3.63) is 35.4 Å². The average molecular weight is 439 g/mol. The highest BCUT2D eigenvalue weighted by Gasteiger charge is 2.31. The van der Waals surface area contributed by atoms with Crippen molar-refractivity contribution in [1.29, 1.82) is 0 Å². The van der Waals surface area contributed by atoms with E-state index < -0.39 is 0 Å². The SMILES string of the molecule is COc1ccc(C(=O)N2CCCC2)cc1NC(=O)N1CCCC(c2n[nH]c(C3CC3)n2)C1. The lowest BCUT2D eigenvalue weighted by Gasteiger charge is -2.31. The highest BCUT2D eigenvalue weighted by molar-refractivity contribution is 5.98. The van der Waals surface area contributed by atoms with E-state index in [1.807, 2.05) is 4.90 Å². The Bertz CT molecular complexity index is 995. The summed E-state index contributed by atoms with van der Waals surface area (Å²) in [4.78, 5) is 34.2. The minimum absolute atomic E-state index is 0.00485. The van der Waals surface area contributed by atoms with Crippen LogP contribution in [-0.2, 0) is 0 Å². The number of nitrogens with zero attached hydrogens (tertiary/aromatic N) is 4.